The van der Waals surface area contributed by atoms with Crippen molar-refractivity contribution >= 4 is 34.4 Å². The zero-order valence-corrected chi connectivity index (χ0v) is 19.1. The highest BCUT2D eigenvalue weighted by atomic mass is 35.5. The number of rotatable bonds is 7. The van der Waals surface area contributed by atoms with Crippen molar-refractivity contribution in [3.05, 3.63) is 87.7 Å². The molecule has 0 saturated carbocycles. The first-order valence-electron chi connectivity index (χ1n) is 10.6. The monoisotopic (exact) mass is 466 g/mol. The van der Waals surface area contributed by atoms with Crippen molar-refractivity contribution in [2.75, 3.05) is 23.5 Å². The van der Waals surface area contributed by atoms with Crippen LogP contribution in [0.2, 0.25) is 5.02 Å². The summed E-state index contributed by atoms with van der Waals surface area (Å²) in [4.78, 5) is 13.4. The molecule has 3 aromatic rings. The maximum atomic E-state index is 13.4. The Kier molecular flexibility index (Phi) is 6.72. The number of nitrogens with one attached hydrogen (secondary N) is 1. The fraction of sp³-hybridized carbons (Fsp3) is 0.240. The first kappa shape index (κ1) is 22.9. The number of carbonyl (C=O) groups is 1. The van der Waals surface area contributed by atoms with Gasteiger partial charge in [0.15, 0.2) is 5.78 Å². The number of aliphatic hydroxyl groups is 1. The van der Waals surface area contributed by atoms with E-state index in [0.29, 0.717) is 29.8 Å². The molecule has 1 unspecified atom stereocenters. The Labute approximate surface area is 196 Å². The number of nitrogens with zero attached hydrogens (tertiary/aromatic N) is 3. The summed E-state index contributed by atoms with van der Waals surface area (Å²) in [6, 6.07) is 15.5. The molecule has 0 radical (unpaired) electrons. The molecule has 1 heterocycles. The van der Waals surface area contributed by atoms with E-state index >= 15 is 0 Å². The van der Waals surface area contributed by atoms with Gasteiger partial charge in [0.25, 0.3) is 0 Å². The van der Waals surface area contributed by atoms with Crippen molar-refractivity contribution in [1.29, 1.82) is 0 Å². The highest BCUT2D eigenvalue weighted by molar-refractivity contribution is 6.31. The Balaban J connectivity index is 1.55. The third-order valence-electron chi connectivity index (χ3n) is 5.61. The fourth-order valence-corrected chi connectivity index (χ4v) is 3.94. The lowest BCUT2D eigenvalue weighted by molar-refractivity contribution is 0.103. The van der Waals surface area contributed by atoms with Crippen LogP contribution in [0, 0.1) is 19.7 Å². The average Bonchev–Trinajstić information content (AvgIpc) is 3.25. The van der Waals surface area contributed by atoms with Crippen molar-refractivity contribution in [3.8, 4) is 0 Å². The van der Waals surface area contributed by atoms with Crippen molar-refractivity contribution in [3.63, 3.8) is 0 Å². The van der Waals surface area contributed by atoms with Gasteiger partial charge in [0, 0.05) is 29.1 Å². The number of aryl methyl sites for hydroxylation is 2. The first-order chi connectivity index (χ1) is 15.9. The van der Waals surface area contributed by atoms with Gasteiger partial charge in [-0.3, -0.25) is 4.79 Å². The van der Waals surface area contributed by atoms with Gasteiger partial charge < -0.3 is 10.4 Å². The summed E-state index contributed by atoms with van der Waals surface area (Å²) < 4.78 is 13.4. The Morgan fingerprint density at radius 1 is 1.09 bits per heavy atom. The van der Waals surface area contributed by atoms with Crippen LogP contribution in [0.5, 0.6) is 0 Å². The molecule has 0 saturated heterocycles. The normalized spacial score (nSPS) is 15.2. The van der Waals surface area contributed by atoms with E-state index < -0.39 is 5.82 Å². The van der Waals surface area contributed by atoms with Gasteiger partial charge in [0.05, 0.1) is 23.3 Å². The van der Waals surface area contributed by atoms with E-state index in [0.717, 1.165) is 22.5 Å². The molecule has 0 aromatic heterocycles. The number of hydrogen-bond acceptors (Lipinski definition) is 6. The maximum absolute atomic E-state index is 13.4. The molecule has 0 bridgehead atoms. The summed E-state index contributed by atoms with van der Waals surface area (Å²) in [7, 11) is 0. The van der Waals surface area contributed by atoms with Gasteiger partial charge in [-0.25, -0.2) is 9.40 Å². The molecule has 1 aliphatic heterocycles. The number of hydrogen-bond donors (Lipinski definition) is 2. The van der Waals surface area contributed by atoms with E-state index in [1.54, 1.807) is 17.1 Å². The molecular formula is C25H24ClFN4O2. The van der Waals surface area contributed by atoms with Crippen LogP contribution in [0.1, 0.15) is 33.5 Å². The molecule has 3 aromatic carbocycles. The summed E-state index contributed by atoms with van der Waals surface area (Å²) in [5, 5.41) is 22.5. The van der Waals surface area contributed by atoms with E-state index in [1.807, 2.05) is 44.2 Å². The second-order valence-electron chi connectivity index (χ2n) is 8.07. The molecule has 1 atom stereocenters. The first-order valence-corrected chi connectivity index (χ1v) is 11.0. The van der Waals surface area contributed by atoms with Gasteiger partial charge in [-0.2, -0.15) is 5.11 Å². The summed E-state index contributed by atoms with van der Waals surface area (Å²) in [6.07, 6.45) is 0.557. The quantitative estimate of drug-likeness (QED) is 0.418. The second-order valence-corrected chi connectivity index (χ2v) is 8.47. The van der Waals surface area contributed by atoms with Crippen LogP contribution in [-0.2, 0) is 0 Å². The molecule has 0 fully saturated rings. The van der Waals surface area contributed by atoms with Crippen LogP contribution in [0.4, 0.5) is 21.5 Å². The van der Waals surface area contributed by atoms with Crippen LogP contribution < -0.4 is 10.3 Å². The molecule has 33 heavy (non-hydrogen) atoms. The third kappa shape index (κ3) is 5.05. The number of benzene rings is 3. The van der Waals surface area contributed by atoms with E-state index in [-0.39, 0.29) is 23.5 Å². The fourth-order valence-electron chi connectivity index (χ4n) is 3.76. The number of carbonyl (C=O) groups excluding carboxylic acids is 1. The van der Waals surface area contributed by atoms with Gasteiger partial charge in [0.2, 0.25) is 0 Å². The predicted octanol–water partition coefficient (Wildman–Crippen LogP) is 6.01. The number of halogens is 2. The van der Waals surface area contributed by atoms with Crippen LogP contribution in [0.3, 0.4) is 0 Å². The Morgan fingerprint density at radius 3 is 2.58 bits per heavy atom. The Morgan fingerprint density at radius 2 is 1.85 bits per heavy atom. The smallest absolute Gasteiger partial charge is 0.193 e. The number of ketones is 1. The molecule has 170 valence electrons. The van der Waals surface area contributed by atoms with Crippen molar-refractivity contribution in [2.24, 2.45) is 10.3 Å². The van der Waals surface area contributed by atoms with Gasteiger partial charge in [-0.05, 0) is 79.9 Å². The summed E-state index contributed by atoms with van der Waals surface area (Å²) in [6.45, 7) is 4.42. The van der Waals surface area contributed by atoms with E-state index in [1.165, 1.54) is 12.1 Å². The van der Waals surface area contributed by atoms with Crippen molar-refractivity contribution < 1.29 is 14.3 Å². The number of anilines is 3. The van der Waals surface area contributed by atoms with E-state index in [2.05, 4.69) is 15.7 Å². The standard InChI is InChI=1S/C25H24ClFN4O2/c1-15-3-6-20(31-14-19(9-10-32)29-30-31)13-22(15)25(33)21-7-4-17(11-16(21)2)28-18-5-8-24(27)23(26)12-18/h3-8,11-13,19,28,32H,9-10,14H2,1-2H3. The van der Waals surface area contributed by atoms with Crippen LogP contribution >= 0.6 is 11.6 Å². The molecular weight excluding hydrogens is 443 g/mol. The summed E-state index contributed by atoms with van der Waals surface area (Å²) in [5.41, 5.74) is 5.09. The average molecular weight is 467 g/mol. The molecule has 2 N–H and O–H groups in total. The molecule has 0 amide bonds. The zero-order valence-electron chi connectivity index (χ0n) is 18.3. The summed E-state index contributed by atoms with van der Waals surface area (Å²) >= 11 is 5.86. The highest BCUT2D eigenvalue weighted by Gasteiger charge is 2.22. The van der Waals surface area contributed by atoms with Crippen LogP contribution in [0.25, 0.3) is 0 Å². The van der Waals surface area contributed by atoms with Crippen molar-refractivity contribution in [2.45, 2.75) is 26.3 Å². The molecule has 4 rings (SSSR count). The van der Waals surface area contributed by atoms with Gasteiger partial charge in [-0.1, -0.05) is 22.9 Å². The molecule has 0 aliphatic carbocycles. The molecule has 1 aliphatic rings. The Bertz CT molecular complexity index is 1230. The lowest BCUT2D eigenvalue weighted by atomic mass is 9.95. The lowest BCUT2D eigenvalue weighted by Gasteiger charge is -2.16. The largest absolute Gasteiger partial charge is 0.396 e. The Hall–Kier alpha value is -3.29. The third-order valence-corrected chi connectivity index (χ3v) is 5.90. The van der Waals surface area contributed by atoms with Crippen LogP contribution in [0.15, 0.2) is 64.9 Å². The molecule has 8 heteroatoms. The van der Waals surface area contributed by atoms with E-state index in [4.69, 9.17) is 16.7 Å². The minimum absolute atomic E-state index is 0.0408. The lowest BCUT2D eigenvalue weighted by Crippen LogP contribution is -2.21. The second kappa shape index (κ2) is 9.68. The van der Waals surface area contributed by atoms with Crippen LogP contribution in [-0.4, -0.2) is 30.1 Å². The molecule has 0 spiro atoms. The van der Waals surface area contributed by atoms with Crippen molar-refractivity contribution in [1.82, 2.24) is 0 Å². The van der Waals surface area contributed by atoms with Gasteiger partial charge >= 0.3 is 0 Å². The highest BCUT2D eigenvalue weighted by Crippen LogP contribution is 2.28. The van der Waals surface area contributed by atoms with Gasteiger partial charge in [-0.15, -0.1) is 0 Å². The van der Waals surface area contributed by atoms with Gasteiger partial charge in [0.1, 0.15) is 5.82 Å². The topological polar surface area (TPSA) is 77.3 Å². The van der Waals surface area contributed by atoms with E-state index in [9.17, 15) is 9.18 Å². The number of aliphatic hydroxyl groups excluding tert-OH is 1. The summed E-state index contributed by atoms with van der Waals surface area (Å²) in [5.74, 6) is -0.553. The maximum Gasteiger partial charge on any atom is 0.193 e. The molecule has 6 nitrogen and oxygen atoms in total. The minimum atomic E-state index is -0.476. The zero-order chi connectivity index (χ0) is 23.5. The predicted molar refractivity (Wildman–Crippen MR) is 128 cm³/mol. The SMILES string of the molecule is Cc1cc(Nc2ccc(F)c(Cl)c2)ccc1C(=O)c1cc(N2CC(CCO)N=N2)ccc1C. The minimum Gasteiger partial charge on any atom is -0.396 e.